The Bertz CT molecular complexity index is 560. The van der Waals surface area contributed by atoms with Crippen molar-refractivity contribution in [3.8, 4) is 5.75 Å². The Kier molecular flexibility index (Phi) is 3.64. The number of ketones is 1. The first-order chi connectivity index (χ1) is 8.11. The molecule has 2 nitrogen and oxygen atoms in total. The fraction of sp³-hybridized carbons (Fsp3) is 0.154. The van der Waals surface area contributed by atoms with E-state index in [0.717, 1.165) is 10.0 Å². The number of thiophene rings is 1. The Morgan fingerprint density at radius 3 is 2.71 bits per heavy atom. The molecule has 0 aliphatic rings. The van der Waals surface area contributed by atoms with Gasteiger partial charge in [0.15, 0.2) is 0 Å². The zero-order chi connectivity index (χ0) is 12.4. The predicted molar refractivity (Wildman–Crippen MR) is 73.2 cm³/mol. The highest BCUT2D eigenvalue weighted by Crippen LogP contribution is 2.27. The lowest BCUT2D eigenvalue weighted by atomic mass is 10.1. The Hall–Kier alpha value is -1.13. The van der Waals surface area contributed by atoms with Crippen molar-refractivity contribution in [2.24, 2.45) is 0 Å². The van der Waals surface area contributed by atoms with Crippen molar-refractivity contribution in [3.63, 3.8) is 0 Å². The second kappa shape index (κ2) is 5.02. The largest absolute Gasteiger partial charge is 0.496 e. The number of ether oxygens (including phenoxy) is 1. The van der Waals surface area contributed by atoms with Crippen LogP contribution in [-0.2, 0) is 0 Å². The van der Waals surface area contributed by atoms with E-state index in [2.05, 4.69) is 15.9 Å². The summed E-state index contributed by atoms with van der Waals surface area (Å²) in [6.07, 6.45) is 0. The quantitative estimate of drug-likeness (QED) is 0.799. The number of hydrogen-bond acceptors (Lipinski definition) is 3. The fourth-order valence-corrected chi connectivity index (χ4v) is 2.94. The first-order valence-electron chi connectivity index (χ1n) is 5.05. The van der Waals surface area contributed by atoms with Crippen molar-refractivity contribution in [3.05, 3.63) is 50.1 Å². The van der Waals surface area contributed by atoms with Crippen LogP contribution in [0.3, 0.4) is 0 Å². The summed E-state index contributed by atoms with van der Waals surface area (Å²) >= 11 is 4.78. The second-order valence-corrected chi connectivity index (χ2v) is 5.49. The number of rotatable bonds is 3. The third kappa shape index (κ3) is 2.58. The molecule has 0 radical (unpaired) electrons. The van der Waals surface area contributed by atoms with Crippen LogP contribution in [0, 0.1) is 6.92 Å². The Morgan fingerprint density at radius 2 is 2.12 bits per heavy atom. The van der Waals surface area contributed by atoms with E-state index >= 15 is 0 Å². The molecule has 0 aliphatic heterocycles. The molecular formula is C13H11BrO2S. The smallest absolute Gasteiger partial charge is 0.206 e. The molecule has 0 unspecified atom stereocenters. The molecule has 2 aromatic rings. The van der Waals surface area contributed by atoms with Gasteiger partial charge in [-0.3, -0.25) is 4.79 Å². The second-order valence-electron chi connectivity index (χ2n) is 3.66. The molecule has 0 saturated heterocycles. The van der Waals surface area contributed by atoms with Crippen molar-refractivity contribution in [1.29, 1.82) is 0 Å². The first kappa shape index (κ1) is 12.3. The van der Waals surface area contributed by atoms with E-state index < -0.39 is 0 Å². The van der Waals surface area contributed by atoms with Crippen LogP contribution in [0.4, 0.5) is 0 Å². The molecule has 1 aromatic carbocycles. The van der Waals surface area contributed by atoms with Crippen LogP contribution in [0.15, 0.2) is 34.1 Å². The molecule has 17 heavy (non-hydrogen) atoms. The van der Waals surface area contributed by atoms with Gasteiger partial charge in [-0.05, 0) is 41.1 Å². The zero-order valence-corrected chi connectivity index (χ0v) is 11.9. The highest BCUT2D eigenvalue weighted by atomic mass is 79.9. The van der Waals surface area contributed by atoms with E-state index in [-0.39, 0.29) is 5.78 Å². The monoisotopic (exact) mass is 310 g/mol. The molecule has 1 aromatic heterocycles. The number of halogens is 1. The maximum Gasteiger partial charge on any atom is 0.206 e. The summed E-state index contributed by atoms with van der Waals surface area (Å²) in [5, 5.41) is 1.90. The molecule has 0 saturated carbocycles. The topological polar surface area (TPSA) is 26.3 Å². The molecule has 88 valence electrons. The lowest BCUT2D eigenvalue weighted by Crippen LogP contribution is -2.02. The summed E-state index contributed by atoms with van der Waals surface area (Å²) in [4.78, 5) is 13.0. The standard InChI is InChI=1S/C13H11BrO2S/c1-8-3-4-11(16-2)10(5-8)13(15)12-6-9(14)7-17-12/h3-7H,1-2H3. The van der Waals surface area contributed by atoms with Gasteiger partial charge in [0.05, 0.1) is 17.6 Å². The average Bonchev–Trinajstić information content (AvgIpc) is 2.75. The Morgan fingerprint density at radius 1 is 1.35 bits per heavy atom. The highest BCUT2D eigenvalue weighted by Gasteiger charge is 2.16. The Labute approximate surface area is 112 Å². The van der Waals surface area contributed by atoms with Crippen LogP contribution < -0.4 is 4.74 Å². The Balaban J connectivity index is 2.46. The minimum atomic E-state index is 0.00116. The summed E-state index contributed by atoms with van der Waals surface area (Å²) in [6, 6.07) is 7.44. The number of carbonyl (C=O) groups is 1. The van der Waals surface area contributed by atoms with Crippen molar-refractivity contribution in [1.82, 2.24) is 0 Å². The lowest BCUT2D eigenvalue weighted by molar-refractivity contribution is 0.103. The number of hydrogen-bond donors (Lipinski definition) is 0. The predicted octanol–water partition coefficient (Wildman–Crippen LogP) is 4.06. The maximum absolute atomic E-state index is 12.3. The SMILES string of the molecule is COc1ccc(C)cc1C(=O)c1cc(Br)cs1. The molecule has 0 fully saturated rings. The minimum absolute atomic E-state index is 0.00116. The summed E-state index contributed by atoms with van der Waals surface area (Å²) < 4.78 is 6.15. The van der Waals surface area contributed by atoms with Gasteiger partial charge in [0.25, 0.3) is 0 Å². The minimum Gasteiger partial charge on any atom is -0.496 e. The maximum atomic E-state index is 12.3. The van der Waals surface area contributed by atoms with E-state index in [1.807, 2.05) is 36.6 Å². The van der Waals surface area contributed by atoms with Crippen molar-refractivity contribution >= 4 is 33.0 Å². The van der Waals surface area contributed by atoms with Crippen LogP contribution in [0.1, 0.15) is 20.8 Å². The normalized spacial score (nSPS) is 10.3. The van der Waals surface area contributed by atoms with Gasteiger partial charge in [0.1, 0.15) is 5.75 Å². The molecule has 1 heterocycles. The molecule has 0 N–H and O–H groups in total. The third-order valence-electron chi connectivity index (χ3n) is 2.39. The van der Waals surface area contributed by atoms with E-state index in [1.165, 1.54) is 11.3 Å². The van der Waals surface area contributed by atoms with Gasteiger partial charge in [-0.1, -0.05) is 11.6 Å². The van der Waals surface area contributed by atoms with Crippen molar-refractivity contribution in [2.45, 2.75) is 6.92 Å². The van der Waals surface area contributed by atoms with Crippen LogP contribution >= 0.6 is 27.3 Å². The molecule has 0 spiro atoms. The van der Waals surface area contributed by atoms with Crippen LogP contribution in [0.5, 0.6) is 5.75 Å². The third-order valence-corrected chi connectivity index (χ3v) is 4.08. The number of aryl methyl sites for hydroxylation is 1. The molecule has 0 bridgehead atoms. The fourth-order valence-electron chi connectivity index (χ4n) is 1.56. The van der Waals surface area contributed by atoms with E-state index in [9.17, 15) is 4.79 Å². The van der Waals surface area contributed by atoms with Crippen LogP contribution in [0.25, 0.3) is 0 Å². The van der Waals surface area contributed by atoms with Crippen LogP contribution in [0.2, 0.25) is 0 Å². The molecule has 2 rings (SSSR count). The van der Waals surface area contributed by atoms with Gasteiger partial charge < -0.3 is 4.74 Å². The summed E-state index contributed by atoms with van der Waals surface area (Å²) in [5.74, 6) is 0.617. The average molecular weight is 311 g/mol. The molecule has 4 heteroatoms. The first-order valence-corrected chi connectivity index (χ1v) is 6.72. The van der Waals surface area contributed by atoms with Gasteiger partial charge in [0, 0.05) is 9.85 Å². The molecule has 0 atom stereocenters. The van der Waals surface area contributed by atoms with Crippen molar-refractivity contribution < 1.29 is 9.53 Å². The van der Waals surface area contributed by atoms with E-state index in [0.29, 0.717) is 16.2 Å². The summed E-state index contributed by atoms with van der Waals surface area (Å²) in [6.45, 7) is 1.96. The highest BCUT2D eigenvalue weighted by molar-refractivity contribution is 9.10. The number of methoxy groups -OCH3 is 1. The number of carbonyl (C=O) groups excluding carboxylic acids is 1. The van der Waals surface area contributed by atoms with Gasteiger partial charge in [-0.2, -0.15) is 0 Å². The van der Waals surface area contributed by atoms with Gasteiger partial charge in [0.2, 0.25) is 5.78 Å². The van der Waals surface area contributed by atoms with Gasteiger partial charge >= 0.3 is 0 Å². The van der Waals surface area contributed by atoms with E-state index in [4.69, 9.17) is 4.74 Å². The van der Waals surface area contributed by atoms with E-state index in [1.54, 1.807) is 7.11 Å². The summed E-state index contributed by atoms with van der Waals surface area (Å²) in [5.41, 5.74) is 1.66. The summed E-state index contributed by atoms with van der Waals surface area (Å²) in [7, 11) is 1.58. The molecule has 0 aliphatic carbocycles. The lowest BCUT2D eigenvalue weighted by Gasteiger charge is -2.07. The molecular weight excluding hydrogens is 300 g/mol. The zero-order valence-electron chi connectivity index (χ0n) is 9.49. The van der Waals surface area contributed by atoms with Gasteiger partial charge in [-0.15, -0.1) is 11.3 Å². The van der Waals surface area contributed by atoms with Crippen LogP contribution in [-0.4, -0.2) is 12.9 Å². The van der Waals surface area contributed by atoms with Crippen molar-refractivity contribution in [2.75, 3.05) is 7.11 Å². The van der Waals surface area contributed by atoms with Gasteiger partial charge in [-0.25, -0.2) is 0 Å². The molecule has 0 amide bonds. The number of benzene rings is 1.